The second-order valence-electron chi connectivity index (χ2n) is 4.19. The number of oxime groups is 1. The standard InChI is InChI=1S/C12H14ClNO/c1-8(14-15)6-10-7-12(10)9-2-4-11(13)5-3-9/h2-5,10,12,15H,6-7H2,1H3/b14-8+. The smallest absolute Gasteiger partial charge is 0.0543 e. The zero-order chi connectivity index (χ0) is 10.8. The Morgan fingerprint density at radius 1 is 1.47 bits per heavy atom. The van der Waals surface area contributed by atoms with Gasteiger partial charge in [-0.2, -0.15) is 0 Å². The van der Waals surface area contributed by atoms with Crippen LogP contribution in [0.15, 0.2) is 29.4 Å². The lowest BCUT2D eigenvalue weighted by Gasteiger charge is -2.00. The monoisotopic (exact) mass is 223 g/mol. The van der Waals surface area contributed by atoms with Gasteiger partial charge in [0.05, 0.1) is 5.71 Å². The highest BCUT2D eigenvalue weighted by Gasteiger charge is 2.38. The molecule has 15 heavy (non-hydrogen) atoms. The van der Waals surface area contributed by atoms with Gasteiger partial charge in [-0.05, 0) is 49.3 Å². The van der Waals surface area contributed by atoms with Gasteiger partial charge in [0, 0.05) is 5.02 Å². The van der Waals surface area contributed by atoms with Gasteiger partial charge in [-0.25, -0.2) is 0 Å². The highest BCUT2D eigenvalue weighted by molar-refractivity contribution is 6.30. The molecule has 0 aromatic heterocycles. The van der Waals surface area contributed by atoms with Crippen molar-refractivity contribution in [2.75, 3.05) is 0 Å². The van der Waals surface area contributed by atoms with Crippen LogP contribution in [0.1, 0.15) is 31.2 Å². The Kier molecular flexibility index (Phi) is 2.96. The second-order valence-corrected chi connectivity index (χ2v) is 4.63. The first kappa shape index (κ1) is 10.5. The average molecular weight is 224 g/mol. The number of benzene rings is 1. The number of nitrogens with zero attached hydrogens (tertiary/aromatic N) is 1. The van der Waals surface area contributed by atoms with Gasteiger partial charge in [0.25, 0.3) is 0 Å². The van der Waals surface area contributed by atoms with Gasteiger partial charge in [0.15, 0.2) is 0 Å². The van der Waals surface area contributed by atoms with E-state index in [0.717, 1.165) is 17.2 Å². The molecule has 0 heterocycles. The summed E-state index contributed by atoms with van der Waals surface area (Å²) < 4.78 is 0. The molecule has 2 unspecified atom stereocenters. The lowest BCUT2D eigenvalue weighted by molar-refractivity contribution is 0.317. The van der Waals surface area contributed by atoms with E-state index in [9.17, 15) is 0 Å². The van der Waals surface area contributed by atoms with Crippen LogP contribution in [-0.2, 0) is 0 Å². The van der Waals surface area contributed by atoms with E-state index in [1.54, 1.807) is 0 Å². The molecule has 1 fully saturated rings. The molecular formula is C12H14ClNO. The van der Waals surface area contributed by atoms with E-state index in [1.807, 2.05) is 19.1 Å². The minimum absolute atomic E-state index is 0.624. The molecule has 1 saturated carbocycles. The van der Waals surface area contributed by atoms with Crippen LogP contribution in [0.2, 0.25) is 5.02 Å². The van der Waals surface area contributed by atoms with Crippen LogP contribution in [0, 0.1) is 5.92 Å². The molecule has 80 valence electrons. The average Bonchev–Trinajstić information content (AvgIpc) is 2.98. The van der Waals surface area contributed by atoms with Gasteiger partial charge < -0.3 is 5.21 Å². The summed E-state index contributed by atoms with van der Waals surface area (Å²) in [5.74, 6) is 1.26. The fourth-order valence-corrected chi connectivity index (χ4v) is 2.14. The van der Waals surface area contributed by atoms with Crippen molar-refractivity contribution >= 4 is 17.3 Å². The van der Waals surface area contributed by atoms with E-state index in [0.29, 0.717) is 11.8 Å². The minimum atomic E-state index is 0.624. The van der Waals surface area contributed by atoms with E-state index in [1.165, 1.54) is 12.0 Å². The first-order valence-electron chi connectivity index (χ1n) is 5.13. The summed E-state index contributed by atoms with van der Waals surface area (Å²) in [5, 5.41) is 12.6. The number of hydrogen-bond donors (Lipinski definition) is 1. The lowest BCUT2D eigenvalue weighted by atomic mass is 10.1. The molecule has 2 atom stereocenters. The molecule has 0 aliphatic heterocycles. The first-order valence-corrected chi connectivity index (χ1v) is 5.51. The Bertz CT molecular complexity index is 372. The summed E-state index contributed by atoms with van der Waals surface area (Å²) in [4.78, 5) is 0. The van der Waals surface area contributed by atoms with Crippen LogP contribution in [-0.4, -0.2) is 10.9 Å². The third-order valence-corrected chi connectivity index (χ3v) is 3.20. The Labute approximate surface area is 94.6 Å². The molecule has 1 N–H and O–H groups in total. The van der Waals surface area contributed by atoms with Gasteiger partial charge in [0.2, 0.25) is 0 Å². The van der Waals surface area contributed by atoms with E-state index in [2.05, 4.69) is 17.3 Å². The Balaban J connectivity index is 1.96. The number of hydrogen-bond acceptors (Lipinski definition) is 2. The molecule has 1 aliphatic rings. The second kappa shape index (κ2) is 4.23. The highest BCUT2D eigenvalue weighted by Crippen LogP contribution is 2.49. The van der Waals surface area contributed by atoms with E-state index in [-0.39, 0.29) is 0 Å². The third-order valence-electron chi connectivity index (χ3n) is 2.95. The molecule has 0 amide bonds. The van der Waals surface area contributed by atoms with E-state index >= 15 is 0 Å². The summed E-state index contributed by atoms with van der Waals surface area (Å²) in [5.41, 5.74) is 2.16. The van der Waals surface area contributed by atoms with Gasteiger partial charge in [-0.15, -0.1) is 0 Å². The molecule has 2 nitrogen and oxygen atoms in total. The molecule has 1 aromatic carbocycles. The molecular weight excluding hydrogens is 210 g/mol. The zero-order valence-electron chi connectivity index (χ0n) is 8.65. The zero-order valence-corrected chi connectivity index (χ0v) is 9.41. The minimum Gasteiger partial charge on any atom is -0.411 e. The lowest BCUT2D eigenvalue weighted by Crippen LogP contribution is -1.94. The molecule has 2 rings (SSSR count). The quantitative estimate of drug-likeness (QED) is 0.473. The first-order chi connectivity index (χ1) is 7.20. The molecule has 1 aliphatic carbocycles. The number of rotatable bonds is 3. The fourth-order valence-electron chi connectivity index (χ4n) is 2.01. The van der Waals surface area contributed by atoms with Crippen molar-refractivity contribution in [3.63, 3.8) is 0 Å². The SMILES string of the molecule is C/C(CC1CC1c1ccc(Cl)cc1)=N\O. The summed E-state index contributed by atoms with van der Waals surface area (Å²) in [6.45, 7) is 1.86. The maximum absolute atomic E-state index is 8.58. The molecule has 0 bridgehead atoms. The summed E-state index contributed by atoms with van der Waals surface area (Å²) in [6, 6.07) is 8.02. The fraction of sp³-hybridized carbons (Fsp3) is 0.417. The summed E-state index contributed by atoms with van der Waals surface area (Å²) in [6.07, 6.45) is 2.08. The Morgan fingerprint density at radius 2 is 2.13 bits per heavy atom. The van der Waals surface area contributed by atoms with E-state index in [4.69, 9.17) is 16.8 Å². The maximum Gasteiger partial charge on any atom is 0.0543 e. The van der Waals surface area contributed by atoms with Crippen LogP contribution >= 0.6 is 11.6 Å². The van der Waals surface area contributed by atoms with Crippen molar-refractivity contribution < 1.29 is 5.21 Å². The van der Waals surface area contributed by atoms with Crippen molar-refractivity contribution in [1.29, 1.82) is 0 Å². The van der Waals surface area contributed by atoms with Gasteiger partial charge in [-0.1, -0.05) is 28.9 Å². The van der Waals surface area contributed by atoms with Gasteiger partial charge in [0.1, 0.15) is 0 Å². The number of halogens is 1. The Hall–Kier alpha value is -1.02. The molecule has 3 heteroatoms. The van der Waals surface area contributed by atoms with Crippen LogP contribution in [0.5, 0.6) is 0 Å². The van der Waals surface area contributed by atoms with Gasteiger partial charge in [-0.3, -0.25) is 0 Å². The van der Waals surface area contributed by atoms with Crippen LogP contribution < -0.4 is 0 Å². The topological polar surface area (TPSA) is 32.6 Å². The van der Waals surface area contributed by atoms with Crippen molar-refractivity contribution in [2.24, 2.45) is 11.1 Å². The largest absolute Gasteiger partial charge is 0.411 e. The normalized spacial score (nSPS) is 25.3. The third kappa shape index (κ3) is 2.51. The van der Waals surface area contributed by atoms with Crippen molar-refractivity contribution in [2.45, 2.75) is 25.7 Å². The summed E-state index contributed by atoms with van der Waals surface area (Å²) >= 11 is 5.83. The van der Waals surface area contributed by atoms with Crippen molar-refractivity contribution in [3.8, 4) is 0 Å². The van der Waals surface area contributed by atoms with Crippen LogP contribution in [0.4, 0.5) is 0 Å². The maximum atomic E-state index is 8.58. The molecule has 0 spiro atoms. The van der Waals surface area contributed by atoms with Gasteiger partial charge >= 0.3 is 0 Å². The van der Waals surface area contributed by atoms with Crippen LogP contribution in [0.3, 0.4) is 0 Å². The molecule has 1 aromatic rings. The predicted octanol–water partition coefficient (Wildman–Crippen LogP) is 3.68. The van der Waals surface area contributed by atoms with Crippen molar-refractivity contribution in [1.82, 2.24) is 0 Å². The summed E-state index contributed by atoms with van der Waals surface area (Å²) in [7, 11) is 0. The molecule has 0 saturated heterocycles. The van der Waals surface area contributed by atoms with Crippen LogP contribution in [0.25, 0.3) is 0 Å². The Morgan fingerprint density at radius 3 is 2.73 bits per heavy atom. The van der Waals surface area contributed by atoms with Crippen molar-refractivity contribution in [3.05, 3.63) is 34.9 Å². The highest BCUT2D eigenvalue weighted by atomic mass is 35.5. The molecule has 0 radical (unpaired) electrons. The van der Waals surface area contributed by atoms with E-state index < -0.39 is 0 Å². The predicted molar refractivity (Wildman–Crippen MR) is 61.8 cm³/mol.